The summed E-state index contributed by atoms with van der Waals surface area (Å²) in [5.41, 5.74) is 5.78. The van der Waals surface area contributed by atoms with Gasteiger partial charge < -0.3 is 29.9 Å². The molecule has 1 N–H and O–H groups in total. The number of rotatable bonds is 2. The van der Waals surface area contributed by atoms with Crippen LogP contribution in [0.2, 0.25) is 0 Å². The first-order valence-electron chi connectivity index (χ1n) is 15.5. The molecule has 0 saturated heterocycles. The number of benzene rings is 4. The van der Waals surface area contributed by atoms with E-state index in [1.807, 2.05) is 102 Å². The number of fused-ring (bicyclic) bond motifs is 20. The number of nitrogens with one attached hydrogen (secondary N) is 1. The average Bonchev–Trinajstić information content (AvgIpc) is 3.95. The minimum atomic E-state index is -3.09. The van der Waals surface area contributed by atoms with Gasteiger partial charge in [-0.05, 0) is 39.1 Å². The van der Waals surface area contributed by atoms with E-state index in [2.05, 4.69) is 4.72 Å². The number of anilines is 1. The van der Waals surface area contributed by atoms with Crippen molar-refractivity contribution in [2.24, 2.45) is 0 Å². The Morgan fingerprint density at radius 3 is 1.12 bits per heavy atom. The van der Waals surface area contributed by atoms with Crippen LogP contribution in [0, 0.1) is 0 Å². The van der Waals surface area contributed by atoms with E-state index in [-0.39, 0.29) is 17.1 Å². The quantitative estimate of drug-likeness (QED) is 0.179. The molecule has 1 radical (unpaired) electrons. The van der Waals surface area contributed by atoms with Crippen LogP contribution < -0.4 is 14.7 Å². The van der Waals surface area contributed by atoms with Crippen molar-refractivity contribution in [2.75, 3.05) is 11.0 Å². The first kappa shape index (κ1) is 32.4. The summed E-state index contributed by atoms with van der Waals surface area (Å²) in [6, 6.07) is 35.3. The molecule has 0 atom stereocenters. The van der Waals surface area contributed by atoms with E-state index in [1.54, 1.807) is 12.1 Å². The summed E-state index contributed by atoms with van der Waals surface area (Å²) < 4.78 is 23.5. The van der Waals surface area contributed by atoms with Gasteiger partial charge in [0.25, 0.3) is 0 Å². The van der Waals surface area contributed by atoms with E-state index >= 15 is 0 Å². The molecule has 8 aromatic rings. The maximum Gasteiger partial charge on any atom is 2.00 e. The molecule has 6 heterocycles. The maximum atomic E-state index is 10.6. The summed E-state index contributed by atoms with van der Waals surface area (Å²) in [5, 5.41) is 6.04. The van der Waals surface area contributed by atoms with Crippen molar-refractivity contribution in [3.05, 3.63) is 115 Å². The van der Waals surface area contributed by atoms with Crippen molar-refractivity contribution < 1.29 is 25.5 Å². The second-order valence-corrected chi connectivity index (χ2v) is 14.2. The van der Waals surface area contributed by atoms with Crippen molar-refractivity contribution in [1.82, 2.24) is 39.9 Å². The van der Waals surface area contributed by atoms with Gasteiger partial charge in [0.2, 0.25) is 10.0 Å². The Bertz CT molecular complexity index is 2590. The fourth-order valence-corrected chi connectivity index (χ4v) is 7.52. The Balaban J connectivity index is 0.000000297. The van der Waals surface area contributed by atoms with Gasteiger partial charge in [0.05, 0.1) is 29.6 Å². The number of aromatic nitrogens is 8. The average molecular weight is 753 g/mol. The number of sulfonamides is 1. The molecule has 0 amide bonds. The van der Waals surface area contributed by atoms with Gasteiger partial charge in [-0.1, -0.05) is 97.1 Å². The zero-order valence-corrected chi connectivity index (χ0v) is 29.1. The van der Waals surface area contributed by atoms with Gasteiger partial charge in [-0.25, -0.2) is 18.4 Å². The Labute approximate surface area is 305 Å². The smallest absolute Gasteiger partial charge is 0.357 e. The van der Waals surface area contributed by atoms with Gasteiger partial charge in [0.1, 0.15) is 5.00 Å². The van der Waals surface area contributed by atoms with E-state index in [9.17, 15) is 8.42 Å². The minimum absolute atomic E-state index is 0. The first-order chi connectivity index (χ1) is 24.4. The molecule has 0 unspecified atom stereocenters. The second-order valence-electron chi connectivity index (χ2n) is 11.5. The van der Waals surface area contributed by atoms with E-state index in [1.165, 1.54) is 11.3 Å². The minimum Gasteiger partial charge on any atom is -0.357 e. The zero-order valence-electron chi connectivity index (χ0n) is 26.5. The van der Waals surface area contributed by atoms with Crippen LogP contribution in [0.15, 0.2) is 115 Å². The third-order valence-electron chi connectivity index (χ3n) is 8.14. The van der Waals surface area contributed by atoms with Gasteiger partial charge in [-0.2, -0.15) is 0 Å². The van der Waals surface area contributed by atoms with Gasteiger partial charge in [0, 0.05) is 44.8 Å². The molecule has 0 saturated carbocycles. The molecule has 10 rings (SSSR count). The zero-order chi connectivity index (χ0) is 33.8. The van der Waals surface area contributed by atoms with Gasteiger partial charge in [-0.15, -0.1) is 11.3 Å². The van der Waals surface area contributed by atoms with Crippen molar-refractivity contribution in [2.45, 2.75) is 0 Å². The molecule has 8 bridgehead atoms. The number of hydrogen-bond acceptors (Lipinski definition) is 9. The number of nitrogens with zero attached hydrogens (tertiary/aromatic N) is 8. The first-order valence-corrected chi connectivity index (χ1v) is 18.2. The summed E-state index contributed by atoms with van der Waals surface area (Å²) in [6.07, 6.45) is 1.13. The molecule has 14 heteroatoms. The van der Waals surface area contributed by atoms with Crippen molar-refractivity contribution in [1.29, 1.82) is 0 Å². The van der Waals surface area contributed by atoms with Crippen molar-refractivity contribution in [3.63, 3.8) is 0 Å². The van der Waals surface area contributed by atoms with E-state index in [0.29, 0.717) is 50.9 Å². The third-order valence-corrected chi connectivity index (χ3v) is 9.64. The van der Waals surface area contributed by atoms with Gasteiger partial charge >= 0.3 is 17.1 Å². The molecule has 4 aromatic carbocycles. The Hall–Kier alpha value is -5.79. The normalized spacial score (nSPS) is 11.6. The summed E-state index contributed by atoms with van der Waals surface area (Å²) in [6.45, 7) is 0. The molecule has 0 fully saturated rings. The molecule has 2 aliphatic heterocycles. The Kier molecular flexibility index (Phi) is 8.15. The fraction of sp³-hybridized carbons (Fsp3) is 0.0270. The van der Waals surface area contributed by atoms with Crippen molar-refractivity contribution in [3.8, 4) is 45.6 Å². The van der Waals surface area contributed by atoms with Crippen LogP contribution >= 0.6 is 11.3 Å². The predicted octanol–water partition coefficient (Wildman–Crippen LogP) is 7.24. The summed E-state index contributed by atoms with van der Waals surface area (Å²) in [7, 11) is -3.09. The molecule has 51 heavy (non-hydrogen) atoms. The molecule has 0 aliphatic carbocycles. The second kappa shape index (κ2) is 12.8. The maximum absolute atomic E-state index is 10.6. The van der Waals surface area contributed by atoms with Gasteiger partial charge in [0.15, 0.2) is 0 Å². The third kappa shape index (κ3) is 6.04. The molecule has 4 aromatic heterocycles. The molecule has 251 valence electrons. The van der Waals surface area contributed by atoms with Crippen LogP contribution in [0.3, 0.4) is 0 Å². The van der Waals surface area contributed by atoms with Crippen LogP contribution in [0.4, 0.5) is 5.00 Å². The number of thiophene rings is 1. The summed E-state index contributed by atoms with van der Waals surface area (Å²) in [5.74, 6) is 2.21. The Morgan fingerprint density at radius 2 is 0.824 bits per heavy atom. The Morgan fingerprint density at radius 1 is 0.490 bits per heavy atom. The molecular formula is C37H23CuN9O2S2. The molecular weight excluding hydrogens is 730 g/mol. The monoisotopic (exact) mass is 752 g/mol. The van der Waals surface area contributed by atoms with Crippen LogP contribution in [-0.2, 0) is 27.1 Å². The van der Waals surface area contributed by atoms with Crippen LogP contribution in [0.1, 0.15) is 0 Å². The van der Waals surface area contributed by atoms with Crippen molar-refractivity contribution >= 4 is 70.5 Å². The van der Waals surface area contributed by atoms with E-state index < -0.39 is 10.0 Å². The van der Waals surface area contributed by atoms with E-state index in [0.717, 1.165) is 50.1 Å². The predicted molar refractivity (Wildman–Crippen MR) is 197 cm³/mol. The standard InChI is InChI=1S/C32H16N8.C5H7NO2S2.Cu/c1-2-10-18-17(9-1)25-33-26(18)38-28-21-13-5-6-14-22(21)30(35-28)40-32-24-16-8-7-15-23(24)31(36-32)39-29-20-12-4-3-11-19(20)27(34-29)37-25;1-10(7,8)6-5-3-2-4-9-5;/h1-16H;2-4,6H,1H3;/q-2;;+2. The largest absolute Gasteiger partial charge is 2.00 e. The fourth-order valence-electron chi connectivity index (χ4n) is 5.98. The molecule has 0 spiro atoms. The van der Waals surface area contributed by atoms with Crippen LogP contribution in [0.25, 0.3) is 89.7 Å². The molecule has 11 nitrogen and oxygen atoms in total. The van der Waals surface area contributed by atoms with E-state index in [4.69, 9.17) is 39.9 Å². The molecule has 2 aliphatic rings. The summed E-state index contributed by atoms with van der Waals surface area (Å²) in [4.78, 5) is 39.3. The SMILES string of the molecule is CS(=O)(=O)Nc1cccs1.[Cu+2].c1ccc2c(c1)-c1nc-2nc2[n-]c(nc3nc(nc4[n-]c(n1)c1ccccc41)-c1ccccc1-3)c1ccccc21. The topological polar surface area (TPSA) is 152 Å². The van der Waals surface area contributed by atoms with Gasteiger partial charge in [-0.3, -0.25) is 4.72 Å². The summed E-state index contributed by atoms with van der Waals surface area (Å²) >= 11 is 1.36. The van der Waals surface area contributed by atoms with Crippen LogP contribution in [0.5, 0.6) is 0 Å². The number of hydrogen-bond donors (Lipinski definition) is 1. The van der Waals surface area contributed by atoms with Crippen LogP contribution in [-0.4, -0.2) is 44.6 Å².